The highest BCUT2D eigenvalue weighted by Crippen LogP contribution is 2.27. The van der Waals surface area contributed by atoms with Crippen molar-refractivity contribution in [3.63, 3.8) is 0 Å². The SMILES string of the molecule is O=Cc1c(Cl)ncnc1Nc1cccc2ccccc12. The highest BCUT2D eigenvalue weighted by Gasteiger charge is 2.10. The standard InChI is InChI=1S/C15H10ClN3O/c16-14-12(8-20)15(18-9-17-14)19-13-7-3-5-10-4-1-2-6-11(10)13/h1-9H,(H,17,18,19). The number of aldehydes is 1. The first-order chi connectivity index (χ1) is 9.79. The maximum atomic E-state index is 11.1. The van der Waals surface area contributed by atoms with Crippen molar-refractivity contribution in [2.45, 2.75) is 0 Å². The van der Waals surface area contributed by atoms with E-state index in [9.17, 15) is 4.79 Å². The topological polar surface area (TPSA) is 54.9 Å². The fourth-order valence-corrected chi connectivity index (χ4v) is 2.22. The minimum absolute atomic E-state index is 0.137. The van der Waals surface area contributed by atoms with Gasteiger partial charge in [-0.1, -0.05) is 48.0 Å². The number of halogens is 1. The van der Waals surface area contributed by atoms with Crippen molar-refractivity contribution in [3.05, 3.63) is 59.5 Å². The van der Waals surface area contributed by atoms with E-state index in [1.807, 2.05) is 42.5 Å². The van der Waals surface area contributed by atoms with E-state index in [1.54, 1.807) is 0 Å². The summed E-state index contributed by atoms with van der Waals surface area (Å²) in [6.07, 6.45) is 1.97. The summed E-state index contributed by atoms with van der Waals surface area (Å²) in [4.78, 5) is 19.0. The van der Waals surface area contributed by atoms with Crippen LogP contribution >= 0.6 is 11.6 Å². The predicted molar refractivity (Wildman–Crippen MR) is 79.7 cm³/mol. The maximum Gasteiger partial charge on any atom is 0.156 e. The molecule has 0 saturated heterocycles. The molecule has 98 valence electrons. The van der Waals surface area contributed by atoms with Crippen LogP contribution in [0, 0.1) is 0 Å². The molecule has 0 aliphatic heterocycles. The molecular formula is C15H10ClN3O. The van der Waals surface area contributed by atoms with Gasteiger partial charge >= 0.3 is 0 Å². The Morgan fingerprint density at radius 3 is 2.70 bits per heavy atom. The Labute approximate surface area is 120 Å². The molecule has 0 saturated carbocycles. The lowest BCUT2D eigenvalue weighted by Gasteiger charge is -2.10. The molecule has 20 heavy (non-hydrogen) atoms. The van der Waals surface area contributed by atoms with E-state index < -0.39 is 0 Å². The van der Waals surface area contributed by atoms with Gasteiger partial charge in [0, 0.05) is 11.1 Å². The van der Waals surface area contributed by atoms with Gasteiger partial charge in [-0.2, -0.15) is 0 Å². The van der Waals surface area contributed by atoms with Crippen molar-refractivity contribution in [2.24, 2.45) is 0 Å². The number of hydrogen-bond acceptors (Lipinski definition) is 4. The Bertz CT molecular complexity index is 784. The largest absolute Gasteiger partial charge is 0.339 e. The molecule has 2 aromatic carbocycles. The minimum Gasteiger partial charge on any atom is -0.339 e. The zero-order chi connectivity index (χ0) is 13.9. The molecule has 1 aromatic heterocycles. The summed E-state index contributed by atoms with van der Waals surface area (Å²) in [7, 11) is 0. The van der Waals surface area contributed by atoms with Crippen LogP contribution in [0.3, 0.4) is 0 Å². The van der Waals surface area contributed by atoms with E-state index in [0.717, 1.165) is 16.5 Å². The molecule has 3 aromatic rings. The summed E-state index contributed by atoms with van der Waals surface area (Å²) in [5.41, 5.74) is 1.11. The molecule has 5 heteroatoms. The Morgan fingerprint density at radius 1 is 1.05 bits per heavy atom. The van der Waals surface area contributed by atoms with Crippen LogP contribution in [0.5, 0.6) is 0 Å². The molecule has 0 unspecified atom stereocenters. The van der Waals surface area contributed by atoms with Crippen molar-refractivity contribution in [3.8, 4) is 0 Å². The number of benzene rings is 2. The maximum absolute atomic E-state index is 11.1. The number of hydrogen-bond donors (Lipinski definition) is 1. The lowest BCUT2D eigenvalue weighted by Crippen LogP contribution is -2.01. The number of nitrogens with one attached hydrogen (secondary N) is 1. The summed E-state index contributed by atoms with van der Waals surface area (Å²) in [6, 6.07) is 13.8. The van der Waals surface area contributed by atoms with Gasteiger partial charge in [0.25, 0.3) is 0 Å². The summed E-state index contributed by atoms with van der Waals surface area (Å²) in [6.45, 7) is 0. The normalized spacial score (nSPS) is 10.4. The third-order valence-electron chi connectivity index (χ3n) is 3.00. The predicted octanol–water partition coefficient (Wildman–Crippen LogP) is 3.84. The monoisotopic (exact) mass is 283 g/mol. The molecule has 1 heterocycles. The zero-order valence-electron chi connectivity index (χ0n) is 10.4. The highest BCUT2D eigenvalue weighted by atomic mass is 35.5. The van der Waals surface area contributed by atoms with E-state index in [-0.39, 0.29) is 10.7 Å². The van der Waals surface area contributed by atoms with Crippen LogP contribution < -0.4 is 5.32 Å². The van der Waals surface area contributed by atoms with Gasteiger partial charge in [-0.05, 0) is 11.5 Å². The van der Waals surface area contributed by atoms with Crippen molar-refractivity contribution < 1.29 is 4.79 Å². The van der Waals surface area contributed by atoms with Crippen LogP contribution in [0.1, 0.15) is 10.4 Å². The first kappa shape index (κ1) is 12.6. The first-order valence-corrected chi connectivity index (χ1v) is 6.38. The van der Waals surface area contributed by atoms with Gasteiger partial charge in [-0.3, -0.25) is 4.79 Å². The lowest BCUT2D eigenvalue weighted by atomic mass is 10.1. The fraction of sp³-hybridized carbons (Fsp3) is 0. The van der Waals surface area contributed by atoms with E-state index in [1.165, 1.54) is 6.33 Å². The quantitative estimate of drug-likeness (QED) is 0.586. The Hall–Kier alpha value is -2.46. The van der Waals surface area contributed by atoms with Crippen LogP contribution in [0.4, 0.5) is 11.5 Å². The van der Waals surface area contributed by atoms with Crippen molar-refractivity contribution in [2.75, 3.05) is 5.32 Å². The second kappa shape index (κ2) is 5.27. The van der Waals surface area contributed by atoms with Crippen LogP contribution in [0.2, 0.25) is 5.15 Å². The summed E-state index contributed by atoms with van der Waals surface area (Å²) in [5.74, 6) is 0.399. The number of rotatable bonds is 3. The number of anilines is 2. The molecule has 0 radical (unpaired) electrons. The molecule has 0 aliphatic rings. The number of nitrogens with zero attached hydrogens (tertiary/aromatic N) is 2. The third-order valence-corrected chi connectivity index (χ3v) is 3.30. The second-order valence-corrected chi connectivity index (χ2v) is 4.55. The highest BCUT2D eigenvalue weighted by molar-refractivity contribution is 6.32. The molecule has 4 nitrogen and oxygen atoms in total. The van der Waals surface area contributed by atoms with Gasteiger partial charge in [-0.15, -0.1) is 0 Å². The van der Waals surface area contributed by atoms with Gasteiger partial charge in [-0.25, -0.2) is 9.97 Å². The Morgan fingerprint density at radius 2 is 1.85 bits per heavy atom. The summed E-state index contributed by atoms with van der Waals surface area (Å²) >= 11 is 5.89. The number of carbonyl (C=O) groups excluding carboxylic acids is 1. The van der Waals surface area contributed by atoms with Gasteiger partial charge in [0.2, 0.25) is 0 Å². The van der Waals surface area contributed by atoms with Gasteiger partial charge in [0.15, 0.2) is 6.29 Å². The third kappa shape index (κ3) is 2.21. The molecule has 0 bridgehead atoms. The van der Waals surface area contributed by atoms with Crippen LogP contribution in [-0.4, -0.2) is 16.3 Å². The van der Waals surface area contributed by atoms with Crippen molar-refractivity contribution >= 4 is 40.2 Å². The lowest BCUT2D eigenvalue weighted by molar-refractivity contribution is 0.112. The van der Waals surface area contributed by atoms with Crippen LogP contribution in [0.15, 0.2) is 48.8 Å². The summed E-state index contributed by atoms with van der Waals surface area (Å²) < 4.78 is 0. The van der Waals surface area contributed by atoms with Gasteiger partial charge in [0.1, 0.15) is 17.3 Å². The van der Waals surface area contributed by atoms with E-state index >= 15 is 0 Å². The summed E-state index contributed by atoms with van der Waals surface area (Å²) in [5, 5.41) is 5.42. The Kier molecular flexibility index (Phi) is 3.31. The smallest absolute Gasteiger partial charge is 0.156 e. The van der Waals surface area contributed by atoms with Crippen molar-refractivity contribution in [1.82, 2.24) is 9.97 Å². The average molecular weight is 284 g/mol. The molecule has 0 atom stereocenters. The van der Waals surface area contributed by atoms with Gasteiger partial charge < -0.3 is 5.32 Å². The average Bonchev–Trinajstić information content (AvgIpc) is 2.48. The van der Waals surface area contributed by atoms with Crippen LogP contribution in [0.25, 0.3) is 10.8 Å². The number of aromatic nitrogens is 2. The molecule has 3 rings (SSSR count). The van der Waals surface area contributed by atoms with E-state index in [0.29, 0.717) is 12.1 Å². The molecular weight excluding hydrogens is 274 g/mol. The van der Waals surface area contributed by atoms with Crippen LogP contribution in [-0.2, 0) is 0 Å². The van der Waals surface area contributed by atoms with E-state index in [2.05, 4.69) is 15.3 Å². The zero-order valence-corrected chi connectivity index (χ0v) is 11.1. The Balaban J connectivity index is 2.10. The molecule has 0 amide bonds. The minimum atomic E-state index is 0.137. The number of carbonyl (C=O) groups is 1. The first-order valence-electron chi connectivity index (χ1n) is 6.00. The molecule has 1 N–H and O–H groups in total. The number of fused-ring (bicyclic) bond motifs is 1. The fourth-order valence-electron chi connectivity index (χ4n) is 2.04. The molecule has 0 spiro atoms. The molecule has 0 fully saturated rings. The molecule has 0 aliphatic carbocycles. The van der Waals surface area contributed by atoms with Gasteiger partial charge in [0.05, 0.1) is 5.56 Å². The second-order valence-electron chi connectivity index (χ2n) is 4.20. The van der Waals surface area contributed by atoms with E-state index in [4.69, 9.17) is 11.6 Å². The van der Waals surface area contributed by atoms with Crippen molar-refractivity contribution in [1.29, 1.82) is 0 Å².